The molecule has 0 bridgehead atoms. The Hall–Kier alpha value is -2.53. The molecule has 154 valence electrons. The summed E-state index contributed by atoms with van der Waals surface area (Å²) in [5.41, 5.74) is 2.27. The van der Waals surface area contributed by atoms with E-state index in [4.69, 9.17) is 14.2 Å². The quantitative estimate of drug-likeness (QED) is 0.765. The summed E-state index contributed by atoms with van der Waals surface area (Å²) in [6, 6.07) is 16.4. The van der Waals surface area contributed by atoms with Crippen LogP contribution in [0.4, 0.5) is 0 Å². The maximum atomic E-state index is 12.8. The lowest BCUT2D eigenvalue weighted by molar-refractivity contribution is -0.122. The SMILES string of the molecule is CCC(CC(=O)NCC1(c2ccc3c(c2)OCO3)CCOCC1)c1ccccc1. The van der Waals surface area contributed by atoms with Crippen molar-refractivity contribution in [2.24, 2.45) is 0 Å². The van der Waals surface area contributed by atoms with Crippen molar-refractivity contribution in [3.05, 3.63) is 59.7 Å². The molecule has 5 nitrogen and oxygen atoms in total. The highest BCUT2D eigenvalue weighted by molar-refractivity contribution is 5.77. The van der Waals surface area contributed by atoms with Crippen molar-refractivity contribution in [1.82, 2.24) is 5.32 Å². The molecule has 1 unspecified atom stereocenters. The maximum absolute atomic E-state index is 12.8. The van der Waals surface area contributed by atoms with Gasteiger partial charge in [-0.2, -0.15) is 0 Å². The number of carbonyl (C=O) groups is 1. The van der Waals surface area contributed by atoms with E-state index in [9.17, 15) is 4.79 Å². The molecule has 2 heterocycles. The third kappa shape index (κ3) is 4.40. The average Bonchev–Trinajstić information content (AvgIpc) is 3.25. The van der Waals surface area contributed by atoms with E-state index in [2.05, 4.69) is 36.5 Å². The van der Waals surface area contributed by atoms with Crippen LogP contribution in [0, 0.1) is 0 Å². The van der Waals surface area contributed by atoms with Crippen LogP contribution >= 0.6 is 0 Å². The Labute approximate surface area is 172 Å². The molecule has 0 spiro atoms. The van der Waals surface area contributed by atoms with Crippen molar-refractivity contribution in [2.45, 2.75) is 43.9 Å². The largest absolute Gasteiger partial charge is 0.454 e. The van der Waals surface area contributed by atoms with Gasteiger partial charge in [-0.05, 0) is 48.4 Å². The van der Waals surface area contributed by atoms with E-state index in [1.807, 2.05) is 24.3 Å². The Morgan fingerprint density at radius 1 is 1.07 bits per heavy atom. The first-order valence-corrected chi connectivity index (χ1v) is 10.5. The van der Waals surface area contributed by atoms with E-state index in [-0.39, 0.29) is 24.0 Å². The lowest BCUT2D eigenvalue weighted by Gasteiger charge is -2.38. The molecule has 0 aromatic heterocycles. The summed E-state index contributed by atoms with van der Waals surface area (Å²) in [7, 11) is 0. The molecule has 1 amide bonds. The van der Waals surface area contributed by atoms with Crippen molar-refractivity contribution in [1.29, 1.82) is 0 Å². The molecule has 5 heteroatoms. The van der Waals surface area contributed by atoms with Crippen LogP contribution in [-0.2, 0) is 14.9 Å². The second-order valence-corrected chi connectivity index (χ2v) is 7.96. The van der Waals surface area contributed by atoms with Crippen LogP contribution in [0.2, 0.25) is 0 Å². The first-order valence-electron chi connectivity index (χ1n) is 10.5. The highest BCUT2D eigenvalue weighted by Gasteiger charge is 2.36. The summed E-state index contributed by atoms with van der Waals surface area (Å²) >= 11 is 0. The molecule has 4 rings (SSSR count). The molecule has 29 heavy (non-hydrogen) atoms. The van der Waals surface area contributed by atoms with Crippen molar-refractivity contribution in [2.75, 3.05) is 26.6 Å². The Kier molecular flexibility index (Phi) is 6.05. The van der Waals surface area contributed by atoms with Crippen LogP contribution in [-0.4, -0.2) is 32.5 Å². The second kappa shape index (κ2) is 8.87. The van der Waals surface area contributed by atoms with E-state index in [0.29, 0.717) is 26.2 Å². The summed E-state index contributed by atoms with van der Waals surface area (Å²) in [6.07, 6.45) is 3.21. The van der Waals surface area contributed by atoms with Crippen LogP contribution in [0.1, 0.15) is 49.7 Å². The number of hydrogen-bond donors (Lipinski definition) is 1. The van der Waals surface area contributed by atoms with E-state index in [0.717, 1.165) is 30.8 Å². The first kappa shape index (κ1) is 19.8. The summed E-state index contributed by atoms with van der Waals surface area (Å²) in [6.45, 7) is 4.42. The smallest absolute Gasteiger partial charge is 0.231 e. The fourth-order valence-electron chi connectivity index (χ4n) is 4.34. The summed E-state index contributed by atoms with van der Waals surface area (Å²) in [4.78, 5) is 12.8. The normalized spacial score (nSPS) is 18.2. The molecule has 2 aliphatic rings. The van der Waals surface area contributed by atoms with Crippen molar-refractivity contribution >= 4 is 5.91 Å². The summed E-state index contributed by atoms with van der Waals surface area (Å²) in [5, 5.41) is 3.23. The van der Waals surface area contributed by atoms with Gasteiger partial charge in [0.2, 0.25) is 12.7 Å². The minimum Gasteiger partial charge on any atom is -0.454 e. The predicted octanol–water partition coefficient (Wildman–Crippen LogP) is 4.16. The number of rotatable bonds is 7. The third-order valence-electron chi connectivity index (χ3n) is 6.25. The molecule has 1 fully saturated rings. The molecule has 1 atom stereocenters. The molecule has 0 aliphatic carbocycles. The highest BCUT2D eigenvalue weighted by Crippen LogP contribution is 2.40. The molecule has 2 aliphatic heterocycles. The van der Waals surface area contributed by atoms with Gasteiger partial charge in [-0.15, -0.1) is 0 Å². The molecule has 2 aromatic rings. The molecule has 0 radical (unpaired) electrons. The fourth-order valence-corrected chi connectivity index (χ4v) is 4.34. The number of fused-ring (bicyclic) bond motifs is 1. The van der Waals surface area contributed by atoms with Crippen LogP contribution < -0.4 is 14.8 Å². The van der Waals surface area contributed by atoms with E-state index in [1.165, 1.54) is 11.1 Å². The van der Waals surface area contributed by atoms with Crippen molar-refractivity contribution in [3.63, 3.8) is 0 Å². The summed E-state index contributed by atoms with van der Waals surface area (Å²) in [5.74, 6) is 1.92. The van der Waals surface area contributed by atoms with Crippen molar-refractivity contribution in [3.8, 4) is 11.5 Å². The van der Waals surface area contributed by atoms with Gasteiger partial charge in [-0.25, -0.2) is 0 Å². The van der Waals surface area contributed by atoms with Gasteiger partial charge in [0, 0.05) is 31.6 Å². The van der Waals surface area contributed by atoms with Gasteiger partial charge in [0.25, 0.3) is 0 Å². The molecular weight excluding hydrogens is 366 g/mol. The molecule has 1 N–H and O–H groups in total. The van der Waals surface area contributed by atoms with Gasteiger partial charge >= 0.3 is 0 Å². The van der Waals surface area contributed by atoms with Crippen LogP contribution in [0.15, 0.2) is 48.5 Å². The average molecular weight is 395 g/mol. The van der Waals surface area contributed by atoms with Crippen LogP contribution in [0.25, 0.3) is 0 Å². The number of amides is 1. The maximum Gasteiger partial charge on any atom is 0.231 e. The Balaban J connectivity index is 1.45. The molecule has 0 saturated carbocycles. The number of ether oxygens (including phenoxy) is 3. The zero-order chi connectivity index (χ0) is 20.1. The Bertz CT molecular complexity index is 830. The van der Waals surface area contributed by atoms with E-state index in [1.54, 1.807) is 0 Å². The van der Waals surface area contributed by atoms with Gasteiger partial charge in [0.1, 0.15) is 0 Å². The Morgan fingerprint density at radius 3 is 2.59 bits per heavy atom. The van der Waals surface area contributed by atoms with Crippen LogP contribution in [0.3, 0.4) is 0 Å². The predicted molar refractivity (Wildman–Crippen MR) is 111 cm³/mol. The first-order chi connectivity index (χ1) is 14.2. The molecule has 2 aromatic carbocycles. The van der Waals surface area contributed by atoms with Gasteiger partial charge in [0.15, 0.2) is 11.5 Å². The third-order valence-corrected chi connectivity index (χ3v) is 6.25. The lowest BCUT2D eigenvalue weighted by atomic mass is 9.74. The van der Waals surface area contributed by atoms with Gasteiger partial charge in [-0.1, -0.05) is 43.3 Å². The standard InChI is InChI=1S/C24H29NO4/c1-2-18(19-6-4-3-5-7-19)14-23(26)25-16-24(10-12-27-13-11-24)20-8-9-21-22(15-20)29-17-28-21/h3-9,15,18H,2,10-14,16-17H2,1H3,(H,25,26). The van der Waals surface area contributed by atoms with Crippen molar-refractivity contribution < 1.29 is 19.0 Å². The summed E-state index contributed by atoms with van der Waals surface area (Å²) < 4.78 is 16.6. The Morgan fingerprint density at radius 2 is 1.83 bits per heavy atom. The lowest BCUT2D eigenvalue weighted by Crippen LogP contribution is -2.44. The molecule has 1 saturated heterocycles. The highest BCUT2D eigenvalue weighted by atomic mass is 16.7. The fraction of sp³-hybridized carbons (Fsp3) is 0.458. The number of carbonyl (C=O) groups excluding carboxylic acids is 1. The van der Waals surface area contributed by atoms with E-state index < -0.39 is 0 Å². The second-order valence-electron chi connectivity index (χ2n) is 7.96. The molecular formula is C24H29NO4. The van der Waals surface area contributed by atoms with Gasteiger partial charge < -0.3 is 19.5 Å². The number of benzene rings is 2. The topological polar surface area (TPSA) is 56.8 Å². The van der Waals surface area contributed by atoms with Gasteiger partial charge in [-0.3, -0.25) is 4.79 Å². The monoisotopic (exact) mass is 395 g/mol. The number of nitrogens with one attached hydrogen (secondary N) is 1. The van der Waals surface area contributed by atoms with E-state index >= 15 is 0 Å². The number of hydrogen-bond acceptors (Lipinski definition) is 4. The van der Waals surface area contributed by atoms with Gasteiger partial charge in [0.05, 0.1) is 0 Å². The van der Waals surface area contributed by atoms with Crippen LogP contribution in [0.5, 0.6) is 11.5 Å². The minimum absolute atomic E-state index is 0.104. The zero-order valence-corrected chi connectivity index (χ0v) is 17.0. The minimum atomic E-state index is -0.136. The zero-order valence-electron chi connectivity index (χ0n) is 17.0.